The predicted molar refractivity (Wildman–Crippen MR) is 84.9 cm³/mol. The van der Waals surface area contributed by atoms with Crippen LogP contribution in [0.25, 0.3) is 0 Å². The van der Waals surface area contributed by atoms with Gasteiger partial charge in [-0.3, -0.25) is 9.59 Å². The Morgan fingerprint density at radius 1 is 1.21 bits per heavy atom. The van der Waals surface area contributed by atoms with E-state index in [1.165, 1.54) is 6.07 Å². The molecule has 1 unspecified atom stereocenters. The Kier molecular flexibility index (Phi) is 4.56. The Balaban J connectivity index is 1.73. The third kappa shape index (κ3) is 3.01. The first-order valence-electron chi connectivity index (χ1n) is 8.46. The second-order valence-electron chi connectivity index (χ2n) is 6.78. The summed E-state index contributed by atoms with van der Waals surface area (Å²) in [5.74, 6) is -1.67. The molecule has 2 heterocycles. The first kappa shape index (κ1) is 16.9. The molecule has 0 aromatic heterocycles. The Bertz CT molecular complexity index is 664. The summed E-state index contributed by atoms with van der Waals surface area (Å²) in [6.07, 6.45) is 2.78. The van der Waals surface area contributed by atoms with Crippen LogP contribution in [0.2, 0.25) is 0 Å². The monoisotopic (exact) mass is 336 g/mol. The van der Waals surface area contributed by atoms with Gasteiger partial charge in [0, 0.05) is 32.6 Å². The molecule has 1 aromatic rings. The SMILES string of the molecule is CCC(=O)N1CCC2(CCCN(Cc3ccc(F)c(F)c3)C2=O)C1. The average molecular weight is 336 g/mol. The molecule has 2 amide bonds. The van der Waals surface area contributed by atoms with Crippen LogP contribution >= 0.6 is 0 Å². The summed E-state index contributed by atoms with van der Waals surface area (Å²) in [4.78, 5) is 28.4. The fourth-order valence-corrected chi connectivity index (χ4v) is 3.85. The Hall–Kier alpha value is -1.98. The quantitative estimate of drug-likeness (QED) is 0.851. The molecule has 6 heteroatoms. The molecule has 2 saturated heterocycles. The molecule has 1 atom stereocenters. The van der Waals surface area contributed by atoms with E-state index < -0.39 is 17.0 Å². The number of halogens is 2. The molecule has 0 bridgehead atoms. The number of amides is 2. The van der Waals surface area contributed by atoms with Gasteiger partial charge < -0.3 is 9.80 Å². The Labute approximate surface area is 140 Å². The number of carbonyl (C=O) groups excluding carboxylic acids is 2. The molecule has 2 fully saturated rings. The molecule has 2 aliphatic heterocycles. The van der Waals surface area contributed by atoms with E-state index in [2.05, 4.69) is 0 Å². The lowest BCUT2D eigenvalue weighted by molar-refractivity contribution is -0.146. The number of likely N-dealkylation sites (tertiary alicyclic amines) is 2. The Morgan fingerprint density at radius 3 is 2.71 bits per heavy atom. The number of benzene rings is 1. The van der Waals surface area contributed by atoms with Crippen molar-refractivity contribution < 1.29 is 18.4 Å². The molecule has 1 spiro atoms. The van der Waals surface area contributed by atoms with Crippen LogP contribution in [0.1, 0.15) is 38.2 Å². The maximum absolute atomic E-state index is 13.4. The highest BCUT2D eigenvalue weighted by Gasteiger charge is 2.49. The van der Waals surface area contributed by atoms with E-state index in [-0.39, 0.29) is 18.4 Å². The van der Waals surface area contributed by atoms with Crippen molar-refractivity contribution in [2.24, 2.45) is 5.41 Å². The number of hydrogen-bond acceptors (Lipinski definition) is 2. The van der Waals surface area contributed by atoms with Gasteiger partial charge in [-0.2, -0.15) is 0 Å². The van der Waals surface area contributed by atoms with Crippen LogP contribution in [-0.4, -0.2) is 41.2 Å². The zero-order valence-corrected chi connectivity index (χ0v) is 13.9. The topological polar surface area (TPSA) is 40.6 Å². The van der Waals surface area contributed by atoms with Gasteiger partial charge in [-0.1, -0.05) is 13.0 Å². The molecule has 3 rings (SSSR count). The first-order chi connectivity index (χ1) is 11.4. The van der Waals surface area contributed by atoms with E-state index in [0.717, 1.165) is 25.0 Å². The minimum atomic E-state index is -0.896. The predicted octanol–water partition coefficient (Wildman–Crippen LogP) is 2.72. The number of piperidine rings is 1. The second-order valence-corrected chi connectivity index (χ2v) is 6.78. The van der Waals surface area contributed by atoms with Crippen molar-refractivity contribution >= 4 is 11.8 Å². The van der Waals surface area contributed by atoms with Crippen molar-refractivity contribution in [2.45, 2.75) is 39.2 Å². The van der Waals surface area contributed by atoms with Crippen LogP contribution in [0.15, 0.2) is 18.2 Å². The van der Waals surface area contributed by atoms with Gasteiger partial charge >= 0.3 is 0 Å². The summed E-state index contributed by atoms with van der Waals surface area (Å²) in [5, 5.41) is 0. The number of hydrogen-bond donors (Lipinski definition) is 0. The molecule has 1 aromatic carbocycles. The molecule has 24 heavy (non-hydrogen) atoms. The van der Waals surface area contributed by atoms with Crippen molar-refractivity contribution in [2.75, 3.05) is 19.6 Å². The van der Waals surface area contributed by atoms with Gasteiger partial charge in [0.2, 0.25) is 11.8 Å². The summed E-state index contributed by atoms with van der Waals surface area (Å²) in [6.45, 7) is 3.82. The number of nitrogens with zero attached hydrogens (tertiary/aromatic N) is 2. The summed E-state index contributed by atoms with van der Waals surface area (Å²) in [5.41, 5.74) is 0.0839. The van der Waals surface area contributed by atoms with E-state index in [1.807, 2.05) is 6.92 Å². The minimum Gasteiger partial charge on any atom is -0.342 e. The van der Waals surface area contributed by atoms with Crippen LogP contribution in [0, 0.1) is 17.0 Å². The first-order valence-corrected chi connectivity index (χ1v) is 8.46. The largest absolute Gasteiger partial charge is 0.342 e. The Morgan fingerprint density at radius 2 is 2.00 bits per heavy atom. The standard InChI is InChI=1S/C18H22F2N2O2/c1-2-16(23)22-9-7-18(12-22)6-3-8-21(17(18)24)11-13-4-5-14(19)15(20)10-13/h4-5,10H,2-3,6-9,11-12H2,1H3. The van der Waals surface area contributed by atoms with Gasteiger partial charge in [-0.25, -0.2) is 8.78 Å². The summed E-state index contributed by atoms with van der Waals surface area (Å²) in [6, 6.07) is 3.74. The van der Waals surface area contributed by atoms with Gasteiger partial charge in [-0.05, 0) is 37.0 Å². The molecule has 4 nitrogen and oxygen atoms in total. The highest BCUT2D eigenvalue weighted by molar-refractivity contribution is 5.86. The third-order valence-corrected chi connectivity index (χ3v) is 5.19. The van der Waals surface area contributed by atoms with Gasteiger partial charge in [0.15, 0.2) is 11.6 Å². The maximum Gasteiger partial charge on any atom is 0.230 e. The second kappa shape index (κ2) is 6.49. The van der Waals surface area contributed by atoms with Crippen LogP contribution in [0.3, 0.4) is 0 Å². The molecule has 130 valence electrons. The maximum atomic E-state index is 13.4. The molecule has 0 saturated carbocycles. The lowest BCUT2D eigenvalue weighted by Crippen LogP contribution is -2.50. The normalized spacial score (nSPS) is 24.0. The molecular weight excluding hydrogens is 314 g/mol. The minimum absolute atomic E-state index is 0.0323. The van der Waals surface area contributed by atoms with Crippen molar-refractivity contribution in [1.82, 2.24) is 9.80 Å². The van der Waals surface area contributed by atoms with E-state index in [1.54, 1.807) is 9.80 Å². The molecule has 0 aliphatic carbocycles. The molecule has 2 aliphatic rings. The van der Waals surface area contributed by atoms with Crippen LogP contribution < -0.4 is 0 Å². The summed E-state index contributed by atoms with van der Waals surface area (Å²) >= 11 is 0. The van der Waals surface area contributed by atoms with Gasteiger partial charge in [0.05, 0.1) is 5.41 Å². The van der Waals surface area contributed by atoms with Gasteiger partial charge in [0.25, 0.3) is 0 Å². The van der Waals surface area contributed by atoms with Crippen molar-refractivity contribution in [1.29, 1.82) is 0 Å². The lowest BCUT2D eigenvalue weighted by atomic mass is 9.78. The van der Waals surface area contributed by atoms with Gasteiger partial charge in [-0.15, -0.1) is 0 Å². The van der Waals surface area contributed by atoms with E-state index >= 15 is 0 Å². The van der Waals surface area contributed by atoms with E-state index in [4.69, 9.17) is 0 Å². The number of rotatable bonds is 3. The summed E-state index contributed by atoms with van der Waals surface area (Å²) in [7, 11) is 0. The van der Waals surface area contributed by atoms with Crippen LogP contribution in [0.4, 0.5) is 8.78 Å². The highest BCUT2D eigenvalue weighted by atomic mass is 19.2. The van der Waals surface area contributed by atoms with Crippen molar-refractivity contribution in [3.8, 4) is 0 Å². The number of carbonyl (C=O) groups is 2. The van der Waals surface area contributed by atoms with Crippen molar-refractivity contribution in [3.63, 3.8) is 0 Å². The third-order valence-electron chi connectivity index (χ3n) is 5.19. The highest BCUT2D eigenvalue weighted by Crippen LogP contribution is 2.40. The zero-order valence-electron chi connectivity index (χ0n) is 13.9. The zero-order chi connectivity index (χ0) is 17.3. The molecule has 0 N–H and O–H groups in total. The van der Waals surface area contributed by atoms with Gasteiger partial charge in [0.1, 0.15) is 0 Å². The average Bonchev–Trinajstić information content (AvgIpc) is 3.00. The summed E-state index contributed by atoms with van der Waals surface area (Å²) < 4.78 is 26.4. The van der Waals surface area contributed by atoms with Crippen molar-refractivity contribution in [3.05, 3.63) is 35.4 Å². The molecular formula is C18H22F2N2O2. The van der Waals surface area contributed by atoms with E-state index in [9.17, 15) is 18.4 Å². The van der Waals surface area contributed by atoms with Crippen LogP contribution in [-0.2, 0) is 16.1 Å². The molecule has 0 radical (unpaired) electrons. The lowest BCUT2D eigenvalue weighted by Gasteiger charge is -2.39. The smallest absolute Gasteiger partial charge is 0.230 e. The fourth-order valence-electron chi connectivity index (χ4n) is 3.85. The fraction of sp³-hybridized carbons (Fsp3) is 0.556. The van der Waals surface area contributed by atoms with E-state index in [0.29, 0.717) is 38.0 Å². The van der Waals surface area contributed by atoms with Crippen LogP contribution in [0.5, 0.6) is 0 Å².